The Bertz CT molecular complexity index is 839. The van der Waals surface area contributed by atoms with Crippen molar-refractivity contribution in [3.8, 4) is 17.0 Å². The fourth-order valence-corrected chi connectivity index (χ4v) is 2.56. The third-order valence-corrected chi connectivity index (χ3v) is 3.91. The highest BCUT2D eigenvalue weighted by molar-refractivity contribution is 5.94. The molecule has 0 radical (unpaired) electrons. The number of carbonyl (C=O) groups is 1. The van der Waals surface area contributed by atoms with Crippen LogP contribution < -0.4 is 4.74 Å². The van der Waals surface area contributed by atoms with Gasteiger partial charge in [-0.3, -0.25) is 4.79 Å². The summed E-state index contributed by atoms with van der Waals surface area (Å²) in [5.41, 5.74) is 4.98. The summed E-state index contributed by atoms with van der Waals surface area (Å²) in [7, 11) is 0. The molecule has 0 atom stereocenters. The topological polar surface area (TPSA) is 39.2 Å². The SMILES string of the molecule is CC(=O)c1ccc(-c2ccc(OCc3ccccc3)nc2)c(C)c1. The Morgan fingerprint density at radius 3 is 2.46 bits per heavy atom. The standard InChI is InChI=1S/C21H19NO2/c1-15-12-18(16(2)23)8-10-20(15)19-9-11-21(22-13-19)24-14-17-6-4-3-5-7-17/h3-13H,14H2,1-2H3. The zero-order valence-electron chi connectivity index (χ0n) is 13.8. The van der Waals surface area contributed by atoms with Crippen LogP contribution in [0.15, 0.2) is 66.9 Å². The third kappa shape index (κ3) is 3.69. The van der Waals surface area contributed by atoms with Gasteiger partial charge in [0.05, 0.1) is 0 Å². The molecule has 0 aliphatic rings. The molecular formula is C21H19NO2. The van der Waals surface area contributed by atoms with Crippen molar-refractivity contribution in [1.82, 2.24) is 4.98 Å². The van der Waals surface area contributed by atoms with Gasteiger partial charge in [-0.1, -0.05) is 42.5 Å². The molecule has 3 aromatic rings. The summed E-state index contributed by atoms with van der Waals surface area (Å²) < 4.78 is 5.71. The van der Waals surface area contributed by atoms with E-state index in [9.17, 15) is 4.79 Å². The molecule has 0 amide bonds. The number of pyridine rings is 1. The van der Waals surface area contributed by atoms with E-state index in [1.165, 1.54) is 0 Å². The largest absolute Gasteiger partial charge is 0.473 e. The van der Waals surface area contributed by atoms with Crippen LogP contribution >= 0.6 is 0 Å². The molecule has 1 heterocycles. The van der Waals surface area contributed by atoms with Gasteiger partial charge >= 0.3 is 0 Å². The highest BCUT2D eigenvalue weighted by Gasteiger charge is 2.06. The quantitative estimate of drug-likeness (QED) is 0.632. The Morgan fingerprint density at radius 1 is 1.04 bits per heavy atom. The first kappa shape index (κ1) is 15.9. The van der Waals surface area contributed by atoms with Crippen LogP contribution in [0.3, 0.4) is 0 Å². The van der Waals surface area contributed by atoms with Gasteiger partial charge in [-0.25, -0.2) is 4.98 Å². The predicted molar refractivity (Wildman–Crippen MR) is 95.2 cm³/mol. The molecule has 0 aliphatic heterocycles. The van der Waals surface area contributed by atoms with Crippen molar-refractivity contribution < 1.29 is 9.53 Å². The van der Waals surface area contributed by atoms with Gasteiger partial charge in [0.15, 0.2) is 5.78 Å². The molecular weight excluding hydrogens is 298 g/mol. The van der Waals surface area contributed by atoms with E-state index in [0.29, 0.717) is 12.5 Å². The molecule has 0 N–H and O–H groups in total. The second kappa shape index (κ2) is 7.09. The molecule has 3 nitrogen and oxygen atoms in total. The van der Waals surface area contributed by atoms with E-state index in [4.69, 9.17) is 4.74 Å². The summed E-state index contributed by atoms with van der Waals surface area (Å²) in [4.78, 5) is 15.8. The van der Waals surface area contributed by atoms with Gasteiger partial charge in [-0.2, -0.15) is 0 Å². The van der Waals surface area contributed by atoms with Crippen molar-refractivity contribution in [2.75, 3.05) is 0 Å². The predicted octanol–water partition coefficient (Wildman–Crippen LogP) is 4.84. The van der Waals surface area contributed by atoms with Crippen molar-refractivity contribution in [3.05, 3.63) is 83.6 Å². The molecule has 0 spiro atoms. The summed E-state index contributed by atoms with van der Waals surface area (Å²) >= 11 is 0. The van der Waals surface area contributed by atoms with Gasteiger partial charge in [0.1, 0.15) is 6.61 Å². The molecule has 0 unspecified atom stereocenters. The molecule has 1 aromatic heterocycles. The molecule has 3 heteroatoms. The van der Waals surface area contributed by atoms with Gasteiger partial charge in [-0.05, 0) is 42.7 Å². The van der Waals surface area contributed by atoms with Crippen molar-refractivity contribution in [3.63, 3.8) is 0 Å². The van der Waals surface area contributed by atoms with Crippen molar-refractivity contribution in [2.24, 2.45) is 0 Å². The van der Waals surface area contributed by atoms with E-state index in [1.807, 2.05) is 67.6 Å². The Balaban J connectivity index is 1.73. The molecule has 2 aromatic carbocycles. The minimum Gasteiger partial charge on any atom is -0.473 e. The summed E-state index contributed by atoms with van der Waals surface area (Å²) in [6.45, 7) is 4.08. The zero-order chi connectivity index (χ0) is 16.9. The van der Waals surface area contributed by atoms with Crippen molar-refractivity contribution in [2.45, 2.75) is 20.5 Å². The monoisotopic (exact) mass is 317 g/mol. The Labute approximate surface area is 142 Å². The highest BCUT2D eigenvalue weighted by atomic mass is 16.5. The maximum absolute atomic E-state index is 11.5. The maximum atomic E-state index is 11.5. The maximum Gasteiger partial charge on any atom is 0.213 e. The third-order valence-electron chi connectivity index (χ3n) is 3.91. The molecule has 120 valence electrons. The van der Waals surface area contributed by atoms with Crippen LogP contribution in [-0.4, -0.2) is 10.8 Å². The molecule has 0 saturated heterocycles. The average Bonchev–Trinajstić information content (AvgIpc) is 2.61. The molecule has 3 rings (SSSR count). The van der Waals surface area contributed by atoms with Crippen LogP contribution in [0, 0.1) is 6.92 Å². The normalized spacial score (nSPS) is 10.4. The van der Waals surface area contributed by atoms with Crippen molar-refractivity contribution in [1.29, 1.82) is 0 Å². The molecule has 0 saturated carbocycles. The lowest BCUT2D eigenvalue weighted by Crippen LogP contribution is -1.97. The Kier molecular flexibility index (Phi) is 4.71. The molecule has 24 heavy (non-hydrogen) atoms. The summed E-state index contributed by atoms with van der Waals surface area (Å²) in [6, 6.07) is 19.6. The first-order chi connectivity index (χ1) is 11.6. The first-order valence-corrected chi connectivity index (χ1v) is 7.88. The first-order valence-electron chi connectivity index (χ1n) is 7.88. The highest BCUT2D eigenvalue weighted by Crippen LogP contribution is 2.25. The van der Waals surface area contributed by atoms with E-state index in [0.717, 1.165) is 27.8 Å². The molecule has 0 bridgehead atoms. The van der Waals surface area contributed by atoms with Crippen LogP contribution in [0.5, 0.6) is 5.88 Å². The smallest absolute Gasteiger partial charge is 0.213 e. The van der Waals surface area contributed by atoms with Crippen LogP contribution in [0.1, 0.15) is 28.4 Å². The van der Waals surface area contributed by atoms with Crippen LogP contribution in [0.4, 0.5) is 0 Å². The number of Topliss-reactive ketones (excluding diaryl/α,β-unsaturated/α-hetero) is 1. The van der Waals surface area contributed by atoms with Gasteiger partial charge in [-0.15, -0.1) is 0 Å². The number of benzene rings is 2. The second-order valence-electron chi connectivity index (χ2n) is 5.75. The van der Waals surface area contributed by atoms with Crippen molar-refractivity contribution >= 4 is 5.78 Å². The van der Waals surface area contributed by atoms with Gasteiger partial charge in [0, 0.05) is 23.4 Å². The van der Waals surface area contributed by atoms with Gasteiger partial charge < -0.3 is 4.74 Å². The Morgan fingerprint density at radius 2 is 1.83 bits per heavy atom. The molecule has 0 fully saturated rings. The summed E-state index contributed by atoms with van der Waals surface area (Å²) in [6.07, 6.45) is 1.80. The number of ketones is 1. The number of hydrogen-bond acceptors (Lipinski definition) is 3. The minimum absolute atomic E-state index is 0.0763. The number of ether oxygens (including phenoxy) is 1. The minimum atomic E-state index is 0.0763. The number of aromatic nitrogens is 1. The number of rotatable bonds is 5. The molecule has 0 aliphatic carbocycles. The van der Waals surface area contributed by atoms with E-state index in [-0.39, 0.29) is 5.78 Å². The number of nitrogens with zero attached hydrogens (tertiary/aromatic N) is 1. The van der Waals surface area contributed by atoms with E-state index in [1.54, 1.807) is 13.1 Å². The van der Waals surface area contributed by atoms with E-state index < -0.39 is 0 Å². The number of aryl methyl sites for hydroxylation is 1. The number of carbonyl (C=O) groups excluding carboxylic acids is 1. The van der Waals surface area contributed by atoms with E-state index in [2.05, 4.69) is 4.98 Å². The zero-order valence-corrected chi connectivity index (χ0v) is 13.8. The van der Waals surface area contributed by atoms with Crippen LogP contribution in [-0.2, 0) is 6.61 Å². The van der Waals surface area contributed by atoms with Gasteiger partial charge in [0.2, 0.25) is 5.88 Å². The van der Waals surface area contributed by atoms with E-state index >= 15 is 0 Å². The second-order valence-corrected chi connectivity index (χ2v) is 5.75. The van der Waals surface area contributed by atoms with Gasteiger partial charge in [0.25, 0.3) is 0 Å². The lowest BCUT2D eigenvalue weighted by molar-refractivity contribution is 0.101. The lowest BCUT2D eigenvalue weighted by atomic mass is 9.98. The lowest BCUT2D eigenvalue weighted by Gasteiger charge is -2.09. The number of hydrogen-bond donors (Lipinski definition) is 0. The fraction of sp³-hybridized carbons (Fsp3) is 0.143. The van der Waals surface area contributed by atoms with Crippen LogP contribution in [0.25, 0.3) is 11.1 Å². The summed E-state index contributed by atoms with van der Waals surface area (Å²) in [5.74, 6) is 0.674. The average molecular weight is 317 g/mol. The summed E-state index contributed by atoms with van der Waals surface area (Å²) in [5, 5.41) is 0. The van der Waals surface area contributed by atoms with Crippen LogP contribution in [0.2, 0.25) is 0 Å². The fourth-order valence-electron chi connectivity index (χ4n) is 2.56. The Hall–Kier alpha value is -2.94.